The lowest BCUT2D eigenvalue weighted by atomic mass is 10.1. The van der Waals surface area contributed by atoms with E-state index in [0.717, 1.165) is 11.0 Å². The first kappa shape index (κ1) is 17.9. The first-order valence-electron chi connectivity index (χ1n) is 8.43. The molecule has 0 heterocycles. The van der Waals surface area contributed by atoms with Crippen LogP contribution in [0.15, 0.2) is 91.0 Å². The van der Waals surface area contributed by atoms with Gasteiger partial charge in [0.05, 0.1) is 6.54 Å². The highest BCUT2D eigenvalue weighted by molar-refractivity contribution is 5.70. The molecule has 3 rings (SSSR count). The van der Waals surface area contributed by atoms with Gasteiger partial charge in [-0.25, -0.2) is 4.48 Å². The summed E-state index contributed by atoms with van der Waals surface area (Å²) in [6.45, 7) is 3.32. The largest absolute Gasteiger partial charge is 0.870 e. The Balaban J connectivity index is 0.00000208. The maximum absolute atomic E-state index is 2.26. The van der Waals surface area contributed by atoms with E-state index in [-0.39, 0.29) is 5.48 Å². The fourth-order valence-corrected chi connectivity index (χ4v) is 3.28. The van der Waals surface area contributed by atoms with Crippen molar-refractivity contribution in [1.82, 2.24) is 4.48 Å². The van der Waals surface area contributed by atoms with Gasteiger partial charge in [-0.3, -0.25) is 0 Å². The average molecular weight is 319 g/mol. The van der Waals surface area contributed by atoms with Crippen molar-refractivity contribution in [3.8, 4) is 0 Å². The minimum absolute atomic E-state index is 0. The van der Waals surface area contributed by atoms with Crippen molar-refractivity contribution in [3.05, 3.63) is 91.0 Å². The van der Waals surface area contributed by atoms with Crippen molar-refractivity contribution in [2.75, 3.05) is 6.54 Å². The summed E-state index contributed by atoms with van der Waals surface area (Å²) in [5.74, 6) is 0. The molecule has 3 aromatic carbocycles. The van der Waals surface area contributed by atoms with Gasteiger partial charge < -0.3 is 5.48 Å². The Morgan fingerprint density at radius 1 is 0.583 bits per heavy atom. The number of nitrogens with zero attached hydrogens (tertiary/aromatic N) is 1. The SMILES string of the molecule is CCCC[N+](c1ccccc1)(c1ccccc1)c1ccccc1.[OH-]. The normalized spacial score (nSPS) is 10.9. The zero-order valence-electron chi connectivity index (χ0n) is 14.2. The average Bonchev–Trinajstić information content (AvgIpc) is 2.65. The molecule has 1 N–H and O–H groups in total. The van der Waals surface area contributed by atoms with Crippen molar-refractivity contribution in [2.45, 2.75) is 19.8 Å². The van der Waals surface area contributed by atoms with Crippen molar-refractivity contribution in [3.63, 3.8) is 0 Å². The quantitative estimate of drug-likeness (QED) is 0.492. The van der Waals surface area contributed by atoms with Gasteiger partial charge in [0.15, 0.2) is 0 Å². The van der Waals surface area contributed by atoms with Crippen LogP contribution < -0.4 is 4.48 Å². The molecule has 0 atom stereocenters. The summed E-state index contributed by atoms with van der Waals surface area (Å²) >= 11 is 0. The van der Waals surface area contributed by atoms with Crippen LogP contribution >= 0.6 is 0 Å². The number of unbranched alkanes of at least 4 members (excludes halogenated alkanes) is 1. The Bertz CT molecular complexity index is 614. The van der Waals surface area contributed by atoms with E-state index in [9.17, 15) is 0 Å². The standard InChI is InChI=1S/C22H24N.H2O/c1-2-3-19-23(20-13-7-4-8-14-20,21-15-9-5-10-16-21)22-17-11-6-12-18-22;/h4-18H,2-3,19H2,1H3;1H2/q+1;/p-1. The topological polar surface area (TPSA) is 30.0 Å². The Morgan fingerprint density at radius 2 is 0.917 bits per heavy atom. The van der Waals surface area contributed by atoms with E-state index < -0.39 is 0 Å². The van der Waals surface area contributed by atoms with Crippen LogP contribution in [0.1, 0.15) is 19.8 Å². The fraction of sp³-hybridized carbons (Fsp3) is 0.182. The minimum Gasteiger partial charge on any atom is -0.870 e. The molecular formula is C22H25NO. The summed E-state index contributed by atoms with van der Waals surface area (Å²) in [5, 5.41) is 0. The van der Waals surface area contributed by atoms with Gasteiger partial charge in [-0.05, 0) is 42.8 Å². The lowest BCUT2D eigenvalue weighted by molar-refractivity contribution is 0.495. The van der Waals surface area contributed by atoms with E-state index in [4.69, 9.17) is 0 Å². The summed E-state index contributed by atoms with van der Waals surface area (Å²) in [6, 6.07) is 32.6. The van der Waals surface area contributed by atoms with Gasteiger partial charge >= 0.3 is 0 Å². The number of hydrogen-bond donors (Lipinski definition) is 0. The zero-order valence-corrected chi connectivity index (χ0v) is 14.2. The maximum Gasteiger partial charge on any atom is 0.143 e. The van der Waals surface area contributed by atoms with Gasteiger partial charge in [-0.1, -0.05) is 67.9 Å². The van der Waals surface area contributed by atoms with Crippen LogP contribution in [0.3, 0.4) is 0 Å². The third-order valence-corrected chi connectivity index (χ3v) is 4.44. The van der Waals surface area contributed by atoms with Gasteiger partial charge in [0.25, 0.3) is 0 Å². The smallest absolute Gasteiger partial charge is 0.143 e. The first-order chi connectivity index (χ1) is 11.4. The highest BCUT2D eigenvalue weighted by atomic mass is 16.0. The second-order valence-corrected chi connectivity index (χ2v) is 5.89. The summed E-state index contributed by atoms with van der Waals surface area (Å²) in [7, 11) is 0. The van der Waals surface area contributed by atoms with Crippen LogP contribution in [0.5, 0.6) is 0 Å². The van der Waals surface area contributed by atoms with Crippen molar-refractivity contribution >= 4 is 17.1 Å². The van der Waals surface area contributed by atoms with Crippen LogP contribution in [0.2, 0.25) is 0 Å². The Morgan fingerprint density at radius 3 is 1.21 bits per heavy atom. The number of para-hydroxylation sites is 3. The first-order valence-corrected chi connectivity index (χ1v) is 8.43. The Kier molecular flexibility index (Phi) is 6.30. The molecule has 0 saturated carbocycles. The molecule has 0 aliphatic carbocycles. The highest BCUT2D eigenvalue weighted by Gasteiger charge is 2.35. The second kappa shape index (κ2) is 8.44. The molecule has 124 valence electrons. The van der Waals surface area contributed by atoms with Crippen molar-refractivity contribution < 1.29 is 5.48 Å². The second-order valence-electron chi connectivity index (χ2n) is 5.89. The minimum atomic E-state index is 0. The molecule has 0 aliphatic rings. The lowest BCUT2D eigenvalue weighted by Gasteiger charge is -2.37. The van der Waals surface area contributed by atoms with Crippen LogP contribution in [0.25, 0.3) is 0 Å². The number of benzene rings is 3. The molecule has 24 heavy (non-hydrogen) atoms. The predicted octanol–water partition coefficient (Wildman–Crippen LogP) is 6.28. The molecule has 2 nitrogen and oxygen atoms in total. The van der Waals surface area contributed by atoms with E-state index >= 15 is 0 Å². The summed E-state index contributed by atoms with van der Waals surface area (Å²) in [4.78, 5) is 0. The molecule has 0 radical (unpaired) electrons. The number of quaternary nitrogens is 1. The molecule has 0 saturated heterocycles. The van der Waals surface area contributed by atoms with Gasteiger partial charge in [0.2, 0.25) is 0 Å². The van der Waals surface area contributed by atoms with E-state index in [1.165, 1.54) is 29.9 Å². The third kappa shape index (κ3) is 3.40. The summed E-state index contributed by atoms with van der Waals surface area (Å²) in [6.07, 6.45) is 2.37. The Labute approximate surface area is 144 Å². The fourth-order valence-electron chi connectivity index (χ4n) is 3.28. The van der Waals surface area contributed by atoms with Crippen LogP contribution in [0, 0.1) is 0 Å². The zero-order chi connectivity index (χ0) is 16.0. The molecular weight excluding hydrogens is 294 g/mol. The summed E-state index contributed by atoms with van der Waals surface area (Å²) < 4.78 is 0.774. The Hall–Kier alpha value is -2.42. The molecule has 0 aliphatic heterocycles. The van der Waals surface area contributed by atoms with Gasteiger partial charge in [0.1, 0.15) is 17.1 Å². The van der Waals surface area contributed by atoms with E-state index in [1.54, 1.807) is 0 Å². The van der Waals surface area contributed by atoms with Crippen LogP contribution in [0.4, 0.5) is 17.1 Å². The molecule has 3 aromatic rings. The molecule has 0 fully saturated rings. The lowest BCUT2D eigenvalue weighted by Crippen LogP contribution is -2.39. The van der Waals surface area contributed by atoms with Crippen molar-refractivity contribution in [1.29, 1.82) is 0 Å². The van der Waals surface area contributed by atoms with Gasteiger partial charge in [-0.2, -0.15) is 0 Å². The van der Waals surface area contributed by atoms with Gasteiger partial charge in [-0.15, -0.1) is 0 Å². The molecule has 0 bridgehead atoms. The predicted molar refractivity (Wildman–Crippen MR) is 102 cm³/mol. The van der Waals surface area contributed by atoms with Crippen LogP contribution in [-0.2, 0) is 0 Å². The molecule has 0 aromatic heterocycles. The molecule has 0 amide bonds. The van der Waals surface area contributed by atoms with Crippen molar-refractivity contribution in [2.24, 2.45) is 0 Å². The molecule has 0 spiro atoms. The maximum atomic E-state index is 2.26. The monoisotopic (exact) mass is 319 g/mol. The molecule has 2 heteroatoms. The van der Waals surface area contributed by atoms with Gasteiger partial charge in [0, 0.05) is 0 Å². The highest BCUT2D eigenvalue weighted by Crippen LogP contribution is 2.43. The van der Waals surface area contributed by atoms with Crippen LogP contribution in [-0.4, -0.2) is 12.0 Å². The third-order valence-electron chi connectivity index (χ3n) is 4.44. The molecule has 0 unspecified atom stereocenters. The van der Waals surface area contributed by atoms with E-state index in [0.29, 0.717) is 0 Å². The van der Waals surface area contributed by atoms with E-state index in [1.807, 2.05) is 0 Å². The summed E-state index contributed by atoms with van der Waals surface area (Å²) in [5.41, 5.74) is 3.95. The van der Waals surface area contributed by atoms with E-state index in [2.05, 4.69) is 97.9 Å². The number of hydrogen-bond acceptors (Lipinski definition) is 1. The number of rotatable bonds is 6.